The number of hydrogen-bond donors (Lipinski definition) is 0. The van der Waals surface area contributed by atoms with Crippen molar-refractivity contribution < 1.29 is 0 Å². The highest BCUT2D eigenvalue weighted by Crippen LogP contribution is 2.36. The van der Waals surface area contributed by atoms with E-state index in [2.05, 4.69) is 29.0 Å². The van der Waals surface area contributed by atoms with Crippen LogP contribution in [0.5, 0.6) is 0 Å². The van der Waals surface area contributed by atoms with Crippen molar-refractivity contribution in [3.63, 3.8) is 0 Å². The van der Waals surface area contributed by atoms with E-state index in [0.717, 1.165) is 16.8 Å². The highest BCUT2D eigenvalue weighted by molar-refractivity contribution is 7.19. The monoisotopic (exact) mass is 338 g/mol. The molecule has 0 unspecified atom stereocenters. The molecule has 1 aromatic heterocycles. The van der Waals surface area contributed by atoms with Gasteiger partial charge in [-0.15, -0.1) is 0 Å². The topological polar surface area (TPSA) is 25.2 Å². The van der Waals surface area contributed by atoms with E-state index in [1.54, 1.807) is 6.21 Å². The lowest BCUT2D eigenvalue weighted by molar-refractivity contribution is 1.35. The number of nitrogens with zero attached hydrogens (tertiary/aromatic N) is 2. The number of thiazole rings is 1. The van der Waals surface area contributed by atoms with Gasteiger partial charge in [0, 0.05) is 11.8 Å². The molecule has 23 heavy (non-hydrogen) atoms. The number of aliphatic imine (C=N–C) groups is 1. The highest BCUT2D eigenvalue weighted by Gasteiger charge is 2.10. The van der Waals surface area contributed by atoms with Gasteiger partial charge in [0.2, 0.25) is 5.13 Å². The Hall–Kier alpha value is -2.23. The maximum absolute atomic E-state index is 6.29. The van der Waals surface area contributed by atoms with Gasteiger partial charge in [0.05, 0.1) is 0 Å². The summed E-state index contributed by atoms with van der Waals surface area (Å²) in [5, 5.41) is 0.656. The summed E-state index contributed by atoms with van der Waals surface area (Å²) in [6, 6.07) is 18.2. The first kappa shape index (κ1) is 15.7. The van der Waals surface area contributed by atoms with Crippen molar-refractivity contribution in [1.29, 1.82) is 0 Å². The van der Waals surface area contributed by atoms with Crippen LogP contribution in [0.4, 0.5) is 5.13 Å². The lowest BCUT2D eigenvalue weighted by Crippen LogP contribution is -1.79. The van der Waals surface area contributed by atoms with Crippen LogP contribution in [0.1, 0.15) is 11.1 Å². The van der Waals surface area contributed by atoms with Crippen molar-refractivity contribution in [1.82, 2.24) is 4.98 Å². The van der Waals surface area contributed by atoms with Crippen molar-refractivity contribution in [2.45, 2.75) is 6.92 Å². The normalized spacial score (nSPS) is 11.6. The van der Waals surface area contributed by atoms with Crippen LogP contribution in [0.25, 0.3) is 17.3 Å². The summed E-state index contributed by atoms with van der Waals surface area (Å²) >= 11 is 7.67. The molecule has 1 heterocycles. The zero-order chi connectivity index (χ0) is 16.1. The van der Waals surface area contributed by atoms with E-state index < -0.39 is 0 Å². The zero-order valence-electron chi connectivity index (χ0n) is 12.6. The fraction of sp³-hybridized carbons (Fsp3) is 0.0526. The first-order chi connectivity index (χ1) is 11.2. The van der Waals surface area contributed by atoms with E-state index in [1.165, 1.54) is 16.9 Å². The zero-order valence-corrected chi connectivity index (χ0v) is 14.2. The van der Waals surface area contributed by atoms with E-state index in [9.17, 15) is 0 Å². The van der Waals surface area contributed by atoms with E-state index in [-0.39, 0.29) is 0 Å². The lowest BCUT2D eigenvalue weighted by atomic mass is 10.1. The molecule has 2 aromatic carbocycles. The molecule has 0 fully saturated rings. The summed E-state index contributed by atoms with van der Waals surface area (Å²) in [4.78, 5) is 8.87. The molecule has 0 aliphatic carbocycles. The number of aryl methyl sites for hydroxylation is 1. The highest BCUT2D eigenvalue weighted by atomic mass is 35.5. The molecular formula is C19H15ClN2S. The van der Waals surface area contributed by atoms with Crippen LogP contribution >= 0.6 is 22.9 Å². The summed E-state index contributed by atoms with van der Waals surface area (Å²) in [5.74, 6) is 0. The second kappa shape index (κ2) is 7.36. The summed E-state index contributed by atoms with van der Waals surface area (Å²) in [5.41, 5.74) is 4.15. The molecule has 0 aliphatic heterocycles. The molecule has 3 rings (SSSR count). The Morgan fingerprint density at radius 2 is 1.78 bits per heavy atom. The van der Waals surface area contributed by atoms with Crippen molar-refractivity contribution in [2.75, 3.05) is 0 Å². The van der Waals surface area contributed by atoms with Gasteiger partial charge in [-0.2, -0.15) is 0 Å². The second-order valence-corrected chi connectivity index (χ2v) is 6.61. The summed E-state index contributed by atoms with van der Waals surface area (Å²) in [6.45, 7) is 2.06. The Balaban J connectivity index is 1.74. The maximum Gasteiger partial charge on any atom is 0.211 e. The number of hydrogen-bond acceptors (Lipinski definition) is 3. The average molecular weight is 339 g/mol. The van der Waals surface area contributed by atoms with Crippen LogP contribution in [0, 0.1) is 6.92 Å². The van der Waals surface area contributed by atoms with Gasteiger partial charge in [-0.1, -0.05) is 89.2 Å². The summed E-state index contributed by atoms with van der Waals surface area (Å²) in [7, 11) is 0. The number of rotatable bonds is 4. The minimum absolute atomic E-state index is 0.656. The molecule has 114 valence electrons. The van der Waals surface area contributed by atoms with Crippen molar-refractivity contribution in [2.24, 2.45) is 4.99 Å². The predicted octanol–water partition coefficient (Wildman–Crippen LogP) is 6.19. The van der Waals surface area contributed by atoms with Gasteiger partial charge >= 0.3 is 0 Å². The minimum Gasteiger partial charge on any atom is -0.228 e. The molecule has 0 amide bonds. The number of benzene rings is 2. The number of halogens is 1. The smallest absolute Gasteiger partial charge is 0.211 e. The lowest BCUT2D eigenvalue weighted by Gasteiger charge is -1.97. The Kier molecular flexibility index (Phi) is 5.01. The largest absolute Gasteiger partial charge is 0.228 e. The van der Waals surface area contributed by atoms with Crippen molar-refractivity contribution in [3.8, 4) is 11.3 Å². The third-order valence-electron chi connectivity index (χ3n) is 3.26. The SMILES string of the molecule is Cc1ccc(-c2nc(/N=C/C=C/c3ccccc3)sc2Cl)cc1. The molecular weight excluding hydrogens is 324 g/mol. The van der Waals surface area contributed by atoms with Gasteiger partial charge in [-0.3, -0.25) is 0 Å². The van der Waals surface area contributed by atoms with E-state index in [4.69, 9.17) is 11.6 Å². The third-order valence-corrected chi connectivity index (χ3v) is 4.42. The van der Waals surface area contributed by atoms with Gasteiger partial charge < -0.3 is 0 Å². The van der Waals surface area contributed by atoms with Crippen LogP contribution in [-0.2, 0) is 0 Å². The molecule has 0 N–H and O–H groups in total. The van der Waals surface area contributed by atoms with Crippen LogP contribution in [0.3, 0.4) is 0 Å². The first-order valence-electron chi connectivity index (χ1n) is 7.21. The Morgan fingerprint density at radius 1 is 1.04 bits per heavy atom. The minimum atomic E-state index is 0.656. The molecule has 0 saturated carbocycles. The Bertz CT molecular complexity index is 834. The van der Waals surface area contributed by atoms with Crippen molar-refractivity contribution >= 4 is 40.4 Å². The van der Waals surface area contributed by atoms with Crippen LogP contribution in [0.15, 0.2) is 65.7 Å². The van der Waals surface area contributed by atoms with Crippen LogP contribution < -0.4 is 0 Å². The van der Waals surface area contributed by atoms with Crippen LogP contribution in [-0.4, -0.2) is 11.2 Å². The quantitative estimate of drug-likeness (QED) is 0.521. The Morgan fingerprint density at radius 3 is 2.52 bits per heavy atom. The van der Waals surface area contributed by atoms with E-state index >= 15 is 0 Å². The molecule has 0 radical (unpaired) electrons. The molecule has 0 atom stereocenters. The molecule has 4 heteroatoms. The third kappa shape index (κ3) is 4.15. The summed E-state index contributed by atoms with van der Waals surface area (Å²) in [6.07, 6.45) is 5.64. The van der Waals surface area contributed by atoms with Crippen molar-refractivity contribution in [3.05, 3.63) is 76.1 Å². The van der Waals surface area contributed by atoms with Gasteiger partial charge in [-0.05, 0) is 18.6 Å². The van der Waals surface area contributed by atoms with E-state index in [0.29, 0.717) is 9.47 Å². The van der Waals surface area contributed by atoms with Gasteiger partial charge in [-0.25, -0.2) is 9.98 Å². The average Bonchev–Trinajstić information content (AvgIpc) is 2.94. The molecule has 0 aliphatic rings. The molecule has 0 saturated heterocycles. The molecule has 2 nitrogen and oxygen atoms in total. The second-order valence-electron chi connectivity index (χ2n) is 5.03. The van der Waals surface area contributed by atoms with Gasteiger partial charge in [0.15, 0.2) is 0 Å². The Labute approximate surface area is 144 Å². The molecule has 3 aromatic rings. The predicted molar refractivity (Wildman–Crippen MR) is 101 cm³/mol. The van der Waals surface area contributed by atoms with Gasteiger partial charge in [0.25, 0.3) is 0 Å². The summed E-state index contributed by atoms with van der Waals surface area (Å²) < 4.78 is 0.660. The standard InChI is InChI=1S/C19H15ClN2S/c1-14-9-11-16(12-10-14)17-18(20)23-19(22-17)21-13-5-8-15-6-3-2-4-7-15/h2-13H,1H3/b8-5+,21-13+. The van der Waals surface area contributed by atoms with Gasteiger partial charge in [0.1, 0.15) is 10.0 Å². The maximum atomic E-state index is 6.29. The fourth-order valence-electron chi connectivity index (χ4n) is 2.06. The molecule has 0 bridgehead atoms. The van der Waals surface area contributed by atoms with Crippen LogP contribution in [0.2, 0.25) is 4.34 Å². The number of allylic oxidation sites excluding steroid dienone is 1. The molecule has 0 spiro atoms. The fourth-order valence-corrected chi connectivity index (χ4v) is 3.09. The first-order valence-corrected chi connectivity index (χ1v) is 8.41. The number of aromatic nitrogens is 1. The van der Waals surface area contributed by atoms with E-state index in [1.807, 2.05) is 54.6 Å².